The van der Waals surface area contributed by atoms with Crippen LogP contribution in [0.1, 0.15) is 23.5 Å². The minimum Gasteiger partial charge on any atom is -0.489 e. The molecule has 4 unspecified atom stereocenters. The maximum absolute atomic E-state index is 12.8. The summed E-state index contributed by atoms with van der Waals surface area (Å²) in [5, 5.41) is 19.4. The van der Waals surface area contributed by atoms with Crippen LogP contribution in [0.4, 0.5) is 0 Å². The van der Waals surface area contributed by atoms with Crippen molar-refractivity contribution < 1.29 is 28.2 Å². The van der Waals surface area contributed by atoms with Gasteiger partial charge in [-0.2, -0.15) is 0 Å². The number of aliphatic hydroxyl groups is 1. The molecule has 0 spiro atoms. The molecule has 9 heteroatoms. The number of halogens is 1. The van der Waals surface area contributed by atoms with E-state index < -0.39 is 28.1 Å². The maximum atomic E-state index is 12.8. The number of carboxylic acids is 1. The molecule has 2 aromatic rings. The molecular formula is C20H18INO6S. The van der Waals surface area contributed by atoms with Crippen LogP contribution in [0.5, 0.6) is 5.75 Å². The molecule has 0 amide bonds. The van der Waals surface area contributed by atoms with Gasteiger partial charge in [0.05, 0.1) is 17.0 Å². The molecule has 4 rings (SSSR count). The first-order valence-electron chi connectivity index (χ1n) is 8.93. The summed E-state index contributed by atoms with van der Waals surface area (Å²) in [7, 11) is -3.83. The van der Waals surface area contributed by atoms with Gasteiger partial charge in [0.1, 0.15) is 11.9 Å². The summed E-state index contributed by atoms with van der Waals surface area (Å²) < 4.78 is 35.3. The molecule has 2 aromatic carbocycles. The number of carboxylic acid groups (broad SMARTS) is 1. The first-order valence-corrected chi connectivity index (χ1v) is 11.5. The average molecular weight is 527 g/mol. The standard InChI is InChI=1S/C20H18INO6S/c21-12-5-7-13(8-6-12)29(26,27)22-19-15(23)10-16-18(19)14-3-1-2-11(20(14)28-16)4-9-17(24)25/h1-9,15-16,18-19,22-23H,10H2,(H,24,25)/b9-4+. The van der Waals surface area contributed by atoms with Crippen molar-refractivity contribution >= 4 is 44.7 Å². The third-order valence-electron chi connectivity index (χ3n) is 5.20. The van der Waals surface area contributed by atoms with Crippen LogP contribution in [-0.2, 0) is 14.8 Å². The summed E-state index contributed by atoms with van der Waals surface area (Å²) in [5.41, 5.74) is 1.36. The van der Waals surface area contributed by atoms with E-state index in [4.69, 9.17) is 9.84 Å². The van der Waals surface area contributed by atoms with Crippen molar-refractivity contribution in [2.45, 2.75) is 35.5 Å². The molecule has 4 atom stereocenters. The lowest BCUT2D eigenvalue weighted by molar-refractivity contribution is -0.131. The minimum absolute atomic E-state index is 0.130. The number of aliphatic carboxylic acids is 1. The van der Waals surface area contributed by atoms with Gasteiger partial charge in [0.15, 0.2) is 0 Å². The van der Waals surface area contributed by atoms with E-state index in [1.807, 2.05) is 6.07 Å². The van der Waals surface area contributed by atoms with Crippen molar-refractivity contribution in [2.24, 2.45) is 0 Å². The molecular weight excluding hydrogens is 509 g/mol. The molecule has 1 aliphatic carbocycles. The minimum atomic E-state index is -3.83. The summed E-state index contributed by atoms with van der Waals surface area (Å²) in [6.45, 7) is 0. The van der Waals surface area contributed by atoms with Gasteiger partial charge < -0.3 is 14.9 Å². The van der Waals surface area contributed by atoms with Gasteiger partial charge in [-0.05, 0) is 52.9 Å². The molecule has 152 valence electrons. The first kappa shape index (κ1) is 20.3. The van der Waals surface area contributed by atoms with E-state index >= 15 is 0 Å². The molecule has 3 N–H and O–H groups in total. The monoisotopic (exact) mass is 527 g/mol. The Morgan fingerprint density at radius 2 is 1.93 bits per heavy atom. The van der Waals surface area contributed by atoms with Gasteiger partial charge in [0, 0.05) is 33.1 Å². The van der Waals surface area contributed by atoms with E-state index in [0.717, 1.165) is 15.2 Å². The molecule has 0 saturated heterocycles. The third kappa shape index (κ3) is 3.91. The second kappa shape index (κ2) is 7.71. The molecule has 1 aliphatic heterocycles. The number of para-hydroxylation sites is 1. The highest BCUT2D eigenvalue weighted by molar-refractivity contribution is 14.1. The van der Waals surface area contributed by atoms with E-state index in [0.29, 0.717) is 11.3 Å². The van der Waals surface area contributed by atoms with Crippen LogP contribution in [0.25, 0.3) is 6.08 Å². The second-order valence-electron chi connectivity index (χ2n) is 7.02. The average Bonchev–Trinajstić information content (AvgIpc) is 3.16. The van der Waals surface area contributed by atoms with Crippen molar-refractivity contribution in [3.8, 4) is 5.75 Å². The van der Waals surface area contributed by atoms with Crippen LogP contribution < -0.4 is 9.46 Å². The number of carbonyl (C=O) groups is 1. The Hall–Kier alpha value is -1.95. The fourth-order valence-corrected chi connectivity index (χ4v) is 5.60. The van der Waals surface area contributed by atoms with Crippen molar-refractivity contribution in [1.82, 2.24) is 4.72 Å². The summed E-state index contributed by atoms with van der Waals surface area (Å²) in [4.78, 5) is 11.0. The molecule has 2 aliphatic rings. The summed E-state index contributed by atoms with van der Waals surface area (Å²) in [6, 6.07) is 11.0. The highest BCUT2D eigenvalue weighted by Gasteiger charge is 2.51. The molecule has 0 radical (unpaired) electrons. The van der Waals surface area contributed by atoms with Crippen LogP contribution in [0.15, 0.2) is 53.4 Å². The van der Waals surface area contributed by atoms with E-state index in [-0.39, 0.29) is 23.3 Å². The Balaban J connectivity index is 1.66. The van der Waals surface area contributed by atoms with Crippen molar-refractivity contribution in [2.75, 3.05) is 0 Å². The van der Waals surface area contributed by atoms with E-state index in [2.05, 4.69) is 27.3 Å². The van der Waals surface area contributed by atoms with Crippen LogP contribution in [0.3, 0.4) is 0 Å². The van der Waals surface area contributed by atoms with Gasteiger partial charge in [-0.15, -0.1) is 0 Å². The zero-order chi connectivity index (χ0) is 20.8. The Labute approximate surface area is 181 Å². The van der Waals surface area contributed by atoms with Crippen molar-refractivity contribution in [3.63, 3.8) is 0 Å². The smallest absolute Gasteiger partial charge is 0.328 e. The lowest BCUT2D eigenvalue weighted by Crippen LogP contribution is -2.43. The number of nitrogens with one attached hydrogen (secondary N) is 1. The number of hydrogen-bond acceptors (Lipinski definition) is 5. The van der Waals surface area contributed by atoms with E-state index in [9.17, 15) is 18.3 Å². The summed E-state index contributed by atoms with van der Waals surface area (Å²) in [5.74, 6) is -0.901. The van der Waals surface area contributed by atoms with Crippen LogP contribution in [0, 0.1) is 3.57 Å². The highest BCUT2D eigenvalue weighted by atomic mass is 127. The first-order chi connectivity index (χ1) is 13.8. The van der Waals surface area contributed by atoms with Gasteiger partial charge in [-0.1, -0.05) is 18.2 Å². The van der Waals surface area contributed by atoms with Crippen LogP contribution in [-0.4, -0.2) is 42.8 Å². The molecule has 0 bridgehead atoms. The lowest BCUT2D eigenvalue weighted by atomic mass is 9.93. The fourth-order valence-electron chi connectivity index (χ4n) is 3.95. The fraction of sp³-hybridized carbons (Fsp3) is 0.250. The number of aliphatic hydroxyl groups excluding tert-OH is 1. The van der Waals surface area contributed by atoms with Gasteiger partial charge >= 0.3 is 5.97 Å². The van der Waals surface area contributed by atoms with Gasteiger partial charge in [-0.25, -0.2) is 17.9 Å². The van der Waals surface area contributed by atoms with Crippen molar-refractivity contribution in [3.05, 3.63) is 63.2 Å². The normalized spacial score (nSPS) is 25.6. The van der Waals surface area contributed by atoms with Gasteiger partial charge in [0.2, 0.25) is 10.0 Å². The number of benzene rings is 2. The summed E-state index contributed by atoms with van der Waals surface area (Å²) in [6.07, 6.45) is 1.47. The van der Waals surface area contributed by atoms with Crippen LogP contribution >= 0.6 is 22.6 Å². The largest absolute Gasteiger partial charge is 0.489 e. The highest BCUT2D eigenvalue weighted by Crippen LogP contribution is 2.49. The van der Waals surface area contributed by atoms with E-state index in [1.54, 1.807) is 24.3 Å². The second-order valence-corrected chi connectivity index (χ2v) is 9.98. The number of rotatable bonds is 5. The third-order valence-corrected chi connectivity index (χ3v) is 7.40. The Kier molecular flexibility index (Phi) is 5.40. The maximum Gasteiger partial charge on any atom is 0.328 e. The zero-order valence-electron chi connectivity index (χ0n) is 15.0. The Bertz CT molecular complexity index is 1080. The molecule has 1 fully saturated rings. The zero-order valence-corrected chi connectivity index (χ0v) is 18.0. The molecule has 1 saturated carbocycles. The SMILES string of the molecule is O=C(O)/C=C/c1cccc2c1OC1CC(O)C(NS(=O)(=O)c3ccc(I)cc3)C21. The molecule has 29 heavy (non-hydrogen) atoms. The quantitative estimate of drug-likeness (QED) is 0.407. The predicted octanol–water partition coefficient (Wildman–Crippen LogP) is 2.35. The Morgan fingerprint density at radius 3 is 2.62 bits per heavy atom. The number of ether oxygens (including phenoxy) is 1. The topological polar surface area (TPSA) is 113 Å². The number of sulfonamides is 1. The van der Waals surface area contributed by atoms with E-state index in [1.165, 1.54) is 18.2 Å². The molecule has 7 nitrogen and oxygen atoms in total. The lowest BCUT2D eigenvalue weighted by Gasteiger charge is -2.22. The predicted molar refractivity (Wildman–Crippen MR) is 114 cm³/mol. The molecule has 0 aromatic heterocycles. The number of hydrogen-bond donors (Lipinski definition) is 3. The van der Waals surface area contributed by atoms with Crippen LogP contribution in [0.2, 0.25) is 0 Å². The summed E-state index contributed by atoms with van der Waals surface area (Å²) >= 11 is 2.10. The van der Waals surface area contributed by atoms with Gasteiger partial charge in [0.25, 0.3) is 0 Å². The van der Waals surface area contributed by atoms with Gasteiger partial charge in [-0.3, -0.25) is 0 Å². The van der Waals surface area contributed by atoms with Crippen molar-refractivity contribution in [1.29, 1.82) is 0 Å². The Morgan fingerprint density at radius 1 is 1.21 bits per heavy atom. The number of fused-ring (bicyclic) bond motifs is 3. The molecule has 1 heterocycles.